The first kappa shape index (κ1) is 20.8. The Morgan fingerprint density at radius 1 is 0.759 bits per heavy atom. The fourth-order valence-electron chi connectivity index (χ4n) is 11.4. The van der Waals surface area contributed by atoms with Crippen LogP contribution in [0.15, 0.2) is 0 Å². The Labute approximate surface area is 180 Å². The summed E-state index contributed by atoms with van der Waals surface area (Å²) in [7, 11) is 0. The van der Waals surface area contributed by atoms with E-state index in [1.54, 1.807) is 0 Å². The van der Waals surface area contributed by atoms with Gasteiger partial charge in [0, 0.05) is 6.61 Å². The van der Waals surface area contributed by atoms with E-state index >= 15 is 0 Å². The van der Waals surface area contributed by atoms with Crippen LogP contribution < -0.4 is 0 Å². The van der Waals surface area contributed by atoms with Crippen LogP contribution in [0, 0.1) is 56.7 Å². The summed E-state index contributed by atoms with van der Waals surface area (Å²) >= 11 is 0. The van der Waals surface area contributed by atoms with Gasteiger partial charge in [-0.25, -0.2) is 0 Å². The number of fused-ring (bicyclic) bond motifs is 7. The molecular formula is C28H48O. The van der Waals surface area contributed by atoms with Crippen LogP contribution in [-0.2, 0) is 0 Å². The summed E-state index contributed by atoms with van der Waals surface area (Å²) in [6.07, 6.45) is 15.5. The predicted molar refractivity (Wildman–Crippen MR) is 122 cm³/mol. The lowest BCUT2D eigenvalue weighted by molar-refractivity contribution is -0.236. The fraction of sp³-hybridized carbons (Fsp3) is 1.00. The van der Waals surface area contributed by atoms with Gasteiger partial charge in [-0.2, -0.15) is 0 Å². The summed E-state index contributed by atoms with van der Waals surface area (Å²) in [5.41, 5.74) is 2.34. The SMILES string of the molecule is CC1CC2C3CCC4C5(C)CCCC(C)(C)C5CCC4(C)[C@]3(C)CCC2(CO)C1. The first-order valence-corrected chi connectivity index (χ1v) is 13.1. The molecule has 0 aromatic carbocycles. The lowest BCUT2D eigenvalue weighted by Crippen LogP contribution is -2.65. The van der Waals surface area contributed by atoms with Crippen molar-refractivity contribution in [3.8, 4) is 0 Å². The molecular weight excluding hydrogens is 352 g/mol. The van der Waals surface area contributed by atoms with E-state index in [0.717, 1.165) is 29.6 Å². The van der Waals surface area contributed by atoms with E-state index in [9.17, 15) is 5.11 Å². The Balaban J connectivity index is 1.53. The standard InChI is InChI=1S/C28H48O/c1-19-16-21-20-8-9-23-25(4)12-7-11-24(2,3)22(25)10-13-27(23,6)26(20,5)14-15-28(21,17-19)18-29/h19-23,29H,7-18H2,1-6H3/t19?,20?,21?,22?,23?,25?,26-,27?,28?/m1/s1. The van der Waals surface area contributed by atoms with Gasteiger partial charge in [-0.15, -0.1) is 0 Å². The molecule has 0 bridgehead atoms. The van der Waals surface area contributed by atoms with E-state index in [2.05, 4.69) is 41.5 Å². The molecule has 8 unspecified atom stereocenters. The van der Waals surface area contributed by atoms with Gasteiger partial charge in [-0.05, 0) is 121 Å². The van der Waals surface area contributed by atoms with Gasteiger partial charge in [-0.3, -0.25) is 0 Å². The van der Waals surface area contributed by atoms with E-state index in [4.69, 9.17) is 0 Å². The molecule has 1 N–H and O–H groups in total. The van der Waals surface area contributed by atoms with Crippen molar-refractivity contribution in [3.63, 3.8) is 0 Å². The average Bonchev–Trinajstić information content (AvgIpc) is 2.98. The first-order chi connectivity index (χ1) is 13.5. The summed E-state index contributed by atoms with van der Waals surface area (Å²) in [6.45, 7) is 16.3. The second-order valence-corrected chi connectivity index (χ2v) is 14.2. The van der Waals surface area contributed by atoms with Crippen molar-refractivity contribution in [2.75, 3.05) is 6.61 Å². The summed E-state index contributed by atoms with van der Waals surface area (Å²) in [5.74, 6) is 4.29. The monoisotopic (exact) mass is 400 g/mol. The first-order valence-electron chi connectivity index (χ1n) is 13.1. The predicted octanol–water partition coefficient (Wildman–Crippen LogP) is 7.47. The highest BCUT2D eigenvalue weighted by Gasteiger charge is 2.69. The van der Waals surface area contributed by atoms with Gasteiger partial charge in [0.1, 0.15) is 0 Å². The Hall–Kier alpha value is -0.0400. The van der Waals surface area contributed by atoms with Gasteiger partial charge >= 0.3 is 0 Å². The second-order valence-electron chi connectivity index (χ2n) is 14.2. The van der Waals surface area contributed by atoms with E-state index in [0.29, 0.717) is 28.3 Å². The van der Waals surface area contributed by atoms with Crippen molar-refractivity contribution in [1.82, 2.24) is 0 Å². The van der Waals surface area contributed by atoms with Crippen LogP contribution in [0.5, 0.6) is 0 Å². The summed E-state index contributed by atoms with van der Waals surface area (Å²) in [5, 5.41) is 10.5. The highest BCUT2D eigenvalue weighted by Crippen LogP contribution is 2.76. The third-order valence-electron chi connectivity index (χ3n) is 12.8. The minimum atomic E-state index is 0.265. The average molecular weight is 401 g/mol. The Morgan fingerprint density at radius 2 is 1.52 bits per heavy atom. The zero-order valence-electron chi connectivity index (χ0n) is 20.3. The number of aliphatic hydroxyl groups excluding tert-OH is 1. The maximum Gasteiger partial charge on any atom is 0.0490 e. The lowest BCUT2D eigenvalue weighted by Gasteiger charge is -2.72. The zero-order valence-corrected chi connectivity index (χ0v) is 20.3. The smallest absolute Gasteiger partial charge is 0.0490 e. The molecule has 29 heavy (non-hydrogen) atoms. The van der Waals surface area contributed by atoms with Crippen molar-refractivity contribution in [3.05, 3.63) is 0 Å². The van der Waals surface area contributed by atoms with Crippen LogP contribution in [0.1, 0.15) is 112 Å². The maximum atomic E-state index is 10.5. The van der Waals surface area contributed by atoms with Gasteiger partial charge in [0.05, 0.1) is 0 Å². The number of hydrogen-bond acceptors (Lipinski definition) is 1. The van der Waals surface area contributed by atoms with Gasteiger partial charge in [0.15, 0.2) is 0 Å². The van der Waals surface area contributed by atoms with Crippen LogP contribution in [0.2, 0.25) is 0 Å². The highest BCUT2D eigenvalue weighted by atomic mass is 16.3. The van der Waals surface area contributed by atoms with Crippen LogP contribution >= 0.6 is 0 Å². The summed E-state index contributed by atoms with van der Waals surface area (Å²) < 4.78 is 0. The van der Waals surface area contributed by atoms with Crippen molar-refractivity contribution in [1.29, 1.82) is 0 Å². The van der Waals surface area contributed by atoms with E-state index in [1.165, 1.54) is 70.6 Å². The van der Waals surface area contributed by atoms with Gasteiger partial charge in [0.25, 0.3) is 0 Å². The van der Waals surface area contributed by atoms with E-state index in [1.807, 2.05) is 0 Å². The molecule has 5 aliphatic carbocycles. The Kier molecular flexibility index (Phi) is 4.50. The molecule has 0 aliphatic heterocycles. The molecule has 0 aromatic heterocycles. The molecule has 9 atom stereocenters. The fourth-order valence-corrected chi connectivity index (χ4v) is 11.4. The third kappa shape index (κ3) is 2.49. The van der Waals surface area contributed by atoms with Crippen molar-refractivity contribution >= 4 is 0 Å². The lowest BCUT2D eigenvalue weighted by atomic mass is 9.32. The van der Waals surface area contributed by atoms with Crippen molar-refractivity contribution in [2.45, 2.75) is 112 Å². The molecule has 0 radical (unpaired) electrons. The number of hydrogen-bond donors (Lipinski definition) is 1. The molecule has 5 rings (SSSR count). The topological polar surface area (TPSA) is 20.2 Å². The minimum absolute atomic E-state index is 0.265. The summed E-state index contributed by atoms with van der Waals surface area (Å²) in [6, 6.07) is 0. The molecule has 5 fully saturated rings. The van der Waals surface area contributed by atoms with E-state index < -0.39 is 0 Å². The minimum Gasteiger partial charge on any atom is -0.396 e. The molecule has 0 heterocycles. The van der Waals surface area contributed by atoms with Crippen LogP contribution in [-0.4, -0.2) is 11.7 Å². The maximum absolute atomic E-state index is 10.5. The van der Waals surface area contributed by atoms with Gasteiger partial charge < -0.3 is 5.11 Å². The molecule has 1 nitrogen and oxygen atoms in total. The van der Waals surface area contributed by atoms with Crippen LogP contribution in [0.3, 0.4) is 0 Å². The van der Waals surface area contributed by atoms with Crippen LogP contribution in [0.25, 0.3) is 0 Å². The molecule has 0 spiro atoms. The Morgan fingerprint density at radius 3 is 2.24 bits per heavy atom. The molecule has 0 aromatic rings. The van der Waals surface area contributed by atoms with Gasteiger partial charge in [-0.1, -0.05) is 48.0 Å². The van der Waals surface area contributed by atoms with Crippen LogP contribution in [0.4, 0.5) is 0 Å². The molecule has 5 saturated carbocycles. The molecule has 5 aliphatic rings. The normalized spacial score (nSPS) is 58.7. The van der Waals surface area contributed by atoms with E-state index in [-0.39, 0.29) is 5.41 Å². The molecule has 1 heteroatoms. The second kappa shape index (κ2) is 6.26. The molecule has 0 amide bonds. The van der Waals surface area contributed by atoms with Gasteiger partial charge in [0.2, 0.25) is 0 Å². The number of aliphatic hydroxyl groups is 1. The summed E-state index contributed by atoms with van der Waals surface area (Å²) in [4.78, 5) is 0. The largest absolute Gasteiger partial charge is 0.396 e. The number of rotatable bonds is 1. The zero-order chi connectivity index (χ0) is 20.9. The van der Waals surface area contributed by atoms with Crippen molar-refractivity contribution < 1.29 is 5.11 Å². The third-order valence-corrected chi connectivity index (χ3v) is 12.8. The highest BCUT2D eigenvalue weighted by molar-refractivity contribution is 5.18. The molecule has 166 valence electrons. The Bertz CT molecular complexity index is 667. The van der Waals surface area contributed by atoms with Crippen molar-refractivity contribution in [2.24, 2.45) is 56.7 Å². The quantitative estimate of drug-likeness (QED) is 0.484. The molecule has 0 saturated heterocycles.